The molecule has 3 aromatic rings. The number of nitrogens with zero attached hydrogens (tertiary/aromatic N) is 5. The quantitative estimate of drug-likeness (QED) is 0.523. The summed E-state index contributed by atoms with van der Waals surface area (Å²) in [5.74, 6) is 0.734. The average Bonchev–Trinajstić information content (AvgIpc) is 2.88. The Morgan fingerprint density at radius 1 is 0.886 bits per heavy atom. The van der Waals surface area contributed by atoms with Crippen LogP contribution in [0.15, 0.2) is 59.4 Å². The molecule has 0 aliphatic carbocycles. The van der Waals surface area contributed by atoms with E-state index in [-0.39, 0.29) is 5.56 Å². The monoisotopic (exact) mass is 473 g/mol. The van der Waals surface area contributed by atoms with Gasteiger partial charge in [0, 0.05) is 37.3 Å². The highest BCUT2D eigenvalue weighted by Crippen LogP contribution is 2.28. The Morgan fingerprint density at radius 2 is 1.60 bits per heavy atom. The Balaban J connectivity index is 1.43. The summed E-state index contributed by atoms with van der Waals surface area (Å²) in [4.78, 5) is 25.8. The molecule has 7 nitrogen and oxygen atoms in total. The summed E-state index contributed by atoms with van der Waals surface area (Å²) in [5.41, 5.74) is 5.05. The number of aromatic nitrogens is 2. The highest BCUT2D eigenvalue weighted by Gasteiger charge is 2.28. The Kier molecular flexibility index (Phi) is 7.27. The van der Waals surface area contributed by atoms with Crippen LogP contribution < -0.4 is 10.5 Å². The van der Waals surface area contributed by atoms with Crippen molar-refractivity contribution in [3.05, 3.63) is 87.3 Å². The first-order valence-corrected chi connectivity index (χ1v) is 12.6. The van der Waals surface area contributed by atoms with E-state index in [4.69, 9.17) is 9.72 Å². The normalized spacial score (nSPS) is 16.9. The maximum atomic E-state index is 13.8. The standard InChI is InChI=1S/C28H35N5O2/c1-22-9-11-25(12-10-22)32-20-31(14-6-13-30-15-17-35-18-16-30)21-33-27(34)26(23(2)29-28(32)33)19-24-7-4-3-5-8-24/h3-5,7-12H,6,13-21H2,1-2H3. The molecule has 0 unspecified atom stereocenters. The van der Waals surface area contributed by atoms with Crippen molar-refractivity contribution in [3.8, 4) is 0 Å². The van der Waals surface area contributed by atoms with Crippen LogP contribution in [0.4, 0.5) is 11.6 Å². The molecule has 0 amide bonds. The van der Waals surface area contributed by atoms with Gasteiger partial charge in [0.2, 0.25) is 5.95 Å². The van der Waals surface area contributed by atoms with E-state index >= 15 is 0 Å². The molecule has 7 heteroatoms. The number of fused-ring (bicyclic) bond motifs is 1. The fourth-order valence-corrected chi connectivity index (χ4v) is 4.94. The summed E-state index contributed by atoms with van der Waals surface area (Å²) in [6.45, 7) is 11.0. The first-order valence-electron chi connectivity index (χ1n) is 12.6. The number of hydrogen-bond acceptors (Lipinski definition) is 6. The molecule has 2 aromatic carbocycles. The second-order valence-electron chi connectivity index (χ2n) is 9.62. The average molecular weight is 474 g/mol. The zero-order valence-corrected chi connectivity index (χ0v) is 20.8. The van der Waals surface area contributed by atoms with Crippen molar-refractivity contribution in [2.24, 2.45) is 0 Å². The predicted octanol–water partition coefficient (Wildman–Crippen LogP) is 3.54. The Hall–Kier alpha value is -3.00. The molecule has 1 fully saturated rings. The third kappa shape index (κ3) is 5.48. The van der Waals surface area contributed by atoms with Gasteiger partial charge in [-0.2, -0.15) is 0 Å². The zero-order chi connectivity index (χ0) is 24.2. The molecule has 0 spiro atoms. The molecular formula is C28H35N5O2. The van der Waals surface area contributed by atoms with Crippen molar-refractivity contribution in [3.63, 3.8) is 0 Å². The van der Waals surface area contributed by atoms with Gasteiger partial charge >= 0.3 is 0 Å². The van der Waals surface area contributed by atoms with Crippen LogP contribution >= 0.6 is 0 Å². The van der Waals surface area contributed by atoms with Crippen LogP contribution in [0, 0.1) is 13.8 Å². The fraction of sp³-hybridized carbons (Fsp3) is 0.429. The van der Waals surface area contributed by atoms with E-state index in [9.17, 15) is 4.79 Å². The number of hydrogen-bond donors (Lipinski definition) is 0. The predicted molar refractivity (Wildman–Crippen MR) is 139 cm³/mol. The van der Waals surface area contributed by atoms with Gasteiger partial charge in [0.1, 0.15) is 0 Å². The van der Waals surface area contributed by atoms with E-state index in [2.05, 4.69) is 58.0 Å². The van der Waals surface area contributed by atoms with Gasteiger partial charge in [-0.3, -0.25) is 24.1 Å². The van der Waals surface area contributed by atoms with Crippen molar-refractivity contribution < 1.29 is 4.74 Å². The van der Waals surface area contributed by atoms with Gasteiger partial charge in [0.05, 0.1) is 32.2 Å². The number of aryl methyl sites for hydroxylation is 2. The summed E-state index contributed by atoms with van der Waals surface area (Å²) in [7, 11) is 0. The summed E-state index contributed by atoms with van der Waals surface area (Å²) in [6, 6.07) is 18.7. The second-order valence-corrected chi connectivity index (χ2v) is 9.62. The van der Waals surface area contributed by atoms with Gasteiger partial charge in [0.25, 0.3) is 5.56 Å². The molecule has 0 bridgehead atoms. The smallest absolute Gasteiger partial charge is 0.259 e. The van der Waals surface area contributed by atoms with Crippen molar-refractivity contribution in [2.45, 2.75) is 33.4 Å². The number of benzene rings is 2. The lowest BCUT2D eigenvalue weighted by Gasteiger charge is -2.39. The Bertz CT molecular complexity index is 1190. The minimum atomic E-state index is 0.0614. The molecule has 5 rings (SSSR count). The first kappa shape index (κ1) is 23.7. The van der Waals surface area contributed by atoms with E-state index in [1.165, 1.54) is 5.56 Å². The minimum absolute atomic E-state index is 0.0614. The van der Waals surface area contributed by atoms with Crippen LogP contribution in [0.2, 0.25) is 0 Å². The van der Waals surface area contributed by atoms with Gasteiger partial charge in [-0.1, -0.05) is 48.0 Å². The molecule has 3 heterocycles. The summed E-state index contributed by atoms with van der Waals surface area (Å²) >= 11 is 0. The molecular weight excluding hydrogens is 438 g/mol. The lowest BCUT2D eigenvalue weighted by atomic mass is 10.1. The highest BCUT2D eigenvalue weighted by molar-refractivity contribution is 5.59. The van der Waals surface area contributed by atoms with E-state index in [1.54, 1.807) is 0 Å². The highest BCUT2D eigenvalue weighted by atomic mass is 16.5. The van der Waals surface area contributed by atoms with Crippen LogP contribution in [0.1, 0.15) is 28.8 Å². The van der Waals surface area contributed by atoms with E-state index in [0.717, 1.165) is 80.9 Å². The number of ether oxygens (including phenoxy) is 1. The lowest BCUT2D eigenvalue weighted by molar-refractivity contribution is 0.0354. The maximum Gasteiger partial charge on any atom is 0.259 e. The molecule has 35 heavy (non-hydrogen) atoms. The molecule has 2 aliphatic heterocycles. The molecule has 0 N–H and O–H groups in total. The maximum absolute atomic E-state index is 13.8. The summed E-state index contributed by atoms with van der Waals surface area (Å²) in [5, 5.41) is 0. The van der Waals surface area contributed by atoms with Crippen LogP contribution in [0.5, 0.6) is 0 Å². The van der Waals surface area contributed by atoms with E-state index in [1.807, 2.05) is 29.7 Å². The van der Waals surface area contributed by atoms with Crippen molar-refractivity contribution in [2.75, 3.05) is 51.0 Å². The van der Waals surface area contributed by atoms with Gasteiger partial charge in [-0.05, 0) is 44.5 Å². The largest absolute Gasteiger partial charge is 0.379 e. The van der Waals surface area contributed by atoms with Gasteiger partial charge in [0.15, 0.2) is 0 Å². The SMILES string of the molecule is Cc1ccc(N2CN(CCCN3CCOCC3)Cn3c2nc(C)c(Cc2ccccc2)c3=O)cc1. The van der Waals surface area contributed by atoms with Crippen LogP contribution in [0.3, 0.4) is 0 Å². The van der Waals surface area contributed by atoms with Gasteiger partial charge < -0.3 is 4.74 Å². The number of anilines is 2. The third-order valence-electron chi connectivity index (χ3n) is 7.00. The molecule has 0 saturated carbocycles. The fourth-order valence-electron chi connectivity index (χ4n) is 4.94. The van der Waals surface area contributed by atoms with Crippen molar-refractivity contribution >= 4 is 11.6 Å². The van der Waals surface area contributed by atoms with Crippen molar-refractivity contribution in [1.82, 2.24) is 19.4 Å². The first-order chi connectivity index (χ1) is 17.1. The van der Waals surface area contributed by atoms with Crippen LogP contribution in [-0.4, -0.2) is 65.4 Å². The zero-order valence-electron chi connectivity index (χ0n) is 20.8. The topological polar surface area (TPSA) is 53.8 Å². The second kappa shape index (κ2) is 10.7. The van der Waals surface area contributed by atoms with Crippen LogP contribution in [0.25, 0.3) is 0 Å². The molecule has 1 aromatic heterocycles. The summed E-state index contributed by atoms with van der Waals surface area (Å²) in [6.07, 6.45) is 1.66. The molecule has 184 valence electrons. The lowest BCUT2D eigenvalue weighted by Crippen LogP contribution is -2.48. The minimum Gasteiger partial charge on any atom is -0.379 e. The Labute approximate surface area is 207 Å². The molecule has 2 aliphatic rings. The van der Waals surface area contributed by atoms with E-state index in [0.29, 0.717) is 13.1 Å². The van der Waals surface area contributed by atoms with Gasteiger partial charge in [-0.25, -0.2) is 4.98 Å². The number of morpholine rings is 1. The number of rotatable bonds is 7. The van der Waals surface area contributed by atoms with E-state index < -0.39 is 0 Å². The van der Waals surface area contributed by atoms with Gasteiger partial charge in [-0.15, -0.1) is 0 Å². The Morgan fingerprint density at radius 3 is 2.34 bits per heavy atom. The van der Waals surface area contributed by atoms with Crippen molar-refractivity contribution in [1.29, 1.82) is 0 Å². The molecule has 1 saturated heterocycles. The molecule has 0 atom stereocenters. The summed E-state index contributed by atoms with van der Waals surface area (Å²) < 4.78 is 7.34. The molecule has 0 radical (unpaired) electrons. The third-order valence-corrected chi connectivity index (χ3v) is 7.00. The van der Waals surface area contributed by atoms with Crippen LogP contribution in [-0.2, 0) is 17.8 Å².